The van der Waals surface area contributed by atoms with Crippen molar-refractivity contribution in [2.24, 2.45) is 0 Å². The molecule has 0 amide bonds. The summed E-state index contributed by atoms with van der Waals surface area (Å²) in [6, 6.07) is 14.6. The minimum absolute atomic E-state index is 0.534. The lowest BCUT2D eigenvalue weighted by Crippen LogP contribution is -1.88. The average molecular weight is 454 g/mol. The van der Waals surface area contributed by atoms with Crippen LogP contribution in [0.15, 0.2) is 73.6 Å². The molecule has 3 rings (SSSR count). The Hall–Kier alpha value is -2.55. The van der Waals surface area contributed by atoms with Crippen molar-refractivity contribution >= 4 is 0 Å². The number of rotatable bonds is 3. The van der Waals surface area contributed by atoms with Crippen molar-refractivity contribution in [1.29, 1.82) is 0 Å². The second-order valence-electron chi connectivity index (χ2n) is 7.33. The predicted molar refractivity (Wildman–Crippen MR) is 149 cm³/mol. The highest BCUT2D eigenvalue weighted by Crippen LogP contribution is 2.12. The predicted octanol–water partition coefficient (Wildman–Crippen LogP) is 9.69. The first-order valence-electron chi connectivity index (χ1n) is 12.6. The van der Waals surface area contributed by atoms with E-state index in [1.54, 1.807) is 12.5 Å². The van der Waals surface area contributed by atoms with Crippen LogP contribution in [0.25, 0.3) is 0 Å². The average Bonchev–Trinajstić information content (AvgIpc) is 2.90. The molecule has 0 aliphatic rings. The first kappa shape index (κ1) is 35.0. The summed E-state index contributed by atoms with van der Waals surface area (Å²) in [5.41, 5.74) is 3.91. The number of hydrogen-bond donors (Lipinski definition) is 0. The molecule has 0 fully saturated rings. The van der Waals surface area contributed by atoms with E-state index in [0.29, 0.717) is 17.8 Å². The molecule has 0 N–H and O–H groups in total. The third-order valence-electron chi connectivity index (χ3n) is 4.06. The maximum Gasteiger partial charge on any atom is 0.115 e. The normalized spacial score (nSPS) is 8.82. The summed E-state index contributed by atoms with van der Waals surface area (Å²) in [4.78, 5) is 11.8. The molecule has 0 bridgehead atoms. The van der Waals surface area contributed by atoms with E-state index in [1.807, 2.05) is 72.3 Å². The van der Waals surface area contributed by atoms with Gasteiger partial charge in [0.25, 0.3) is 0 Å². The molecule has 186 valence electrons. The second kappa shape index (κ2) is 25.7. The van der Waals surface area contributed by atoms with Crippen molar-refractivity contribution in [3.63, 3.8) is 0 Å². The van der Waals surface area contributed by atoms with Gasteiger partial charge < -0.3 is 0 Å². The lowest BCUT2D eigenvalue weighted by Gasteiger charge is -2.01. The van der Waals surface area contributed by atoms with Gasteiger partial charge in [-0.3, -0.25) is 4.98 Å². The van der Waals surface area contributed by atoms with E-state index in [9.17, 15) is 0 Å². The molecule has 33 heavy (non-hydrogen) atoms. The van der Waals surface area contributed by atoms with Crippen molar-refractivity contribution in [3.05, 3.63) is 90.3 Å². The number of nitrogens with zero attached hydrogens (tertiary/aromatic N) is 3. The van der Waals surface area contributed by atoms with Crippen molar-refractivity contribution in [2.75, 3.05) is 0 Å². The van der Waals surface area contributed by atoms with Crippen LogP contribution in [-0.4, -0.2) is 15.0 Å². The molecule has 0 atom stereocenters. The molecule has 2 heterocycles. The Balaban J connectivity index is -0.000000367. The van der Waals surface area contributed by atoms with Gasteiger partial charge in [0.15, 0.2) is 0 Å². The molecule has 3 nitrogen and oxygen atoms in total. The Kier molecular flexibility index (Phi) is 27.3. The van der Waals surface area contributed by atoms with Gasteiger partial charge in [-0.1, -0.05) is 119 Å². The van der Waals surface area contributed by atoms with Gasteiger partial charge in [0.1, 0.15) is 6.33 Å². The van der Waals surface area contributed by atoms with Gasteiger partial charge in [-0.25, -0.2) is 9.97 Å². The summed E-state index contributed by atoms with van der Waals surface area (Å²) < 4.78 is 0. The summed E-state index contributed by atoms with van der Waals surface area (Å²) in [5, 5.41) is 0. The summed E-state index contributed by atoms with van der Waals surface area (Å²) >= 11 is 0. The number of benzene rings is 1. The van der Waals surface area contributed by atoms with E-state index < -0.39 is 0 Å². The quantitative estimate of drug-likeness (QED) is 0.396. The van der Waals surface area contributed by atoms with Crippen molar-refractivity contribution < 1.29 is 0 Å². The molecule has 1 aromatic carbocycles. The maximum absolute atomic E-state index is 4.01. The van der Waals surface area contributed by atoms with E-state index in [1.165, 1.54) is 16.7 Å². The molecule has 0 saturated heterocycles. The van der Waals surface area contributed by atoms with E-state index in [2.05, 4.69) is 86.8 Å². The molecule has 0 radical (unpaired) electrons. The zero-order valence-electron chi connectivity index (χ0n) is 23.5. The number of hydrogen-bond acceptors (Lipinski definition) is 3. The van der Waals surface area contributed by atoms with Crippen molar-refractivity contribution in [1.82, 2.24) is 15.0 Å². The van der Waals surface area contributed by atoms with Crippen LogP contribution in [-0.2, 0) is 0 Å². The minimum Gasteiger partial charge on any atom is -0.264 e. The van der Waals surface area contributed by atoms with Crippen LogP contribution >= 0.6 is 0 Å². The van der Waals surface area contributed by atoms with Crippen molar-refractivity contribution in [3.8, 4) is 0 Å². The summed E-state index contributed by atoms with van der Waals surface area (Å²) in [6.45, 7) is 25.0. The Bertz CT molecular complexity index is 606. The van der Waals surface area contributed by atoms with Gasteiger partial charge in [0.2, 0.25) is 0 Å². The molecule has 0 aliphatic heterocycles. The van der Waals surface area contributed by atoms with Crippen LogP contribution in [0.3, 0.4) is 0 Å². The third-order valence-corrected chi connectivity index (χ3v) is 4.06. The first-order valence-corrected chi connectivity index (χ1v) is 12.6. The van der Waals surface area contributed by atoms with Gasteiger partial charge in [-0.05, 0) is 40.5 Å². The zero-order chi connectivity index (χ0) is 26.1. The Labute approximate surface area is 206 Å². The first-order chi connectivity index (χ1) is 15.9. The molecular formula is C30H51N3. The lowest BCUT2D eigenvalue weighted by molar-refractivity contribution is 0.845. The van der Waals surface area contributed by atoms with Gasteiger partial charge in [-0.15, -0.1) is 0 Å². The SMILES string of the molecule is CC.CC.CC.CC(C)c1ccccc1.CC(C)c1cccnc1.CC(C)c1cncnc1. The van der Waals surface area contributed by atoms with Crippen LogP contribution in [0.1, 0.15) is 118 Å². The Morgan fingerprint density at radius 2 is 0.848 bits per heavy atom. The highest BCUT2D eigenvalue weighted by molar-refractivity contribution is 5.17. The smallest absolute Gasteiger partial charge is 0.115 e. The van der Waals surface area contributed by atoms with Gasteiger partial charge >= 0.3 is 0 Å². The van der Waals surface area contributed by atoms with Crippen LogP contribution in [0.5, 0.6) is 0 Å². The number of pyridine rings is 1. The van der Waals surface area contributed by atoms with E-state index >= 15 is 0 Å². The van der Waals surface area contributed by atoms with E-state index in [4.69, 9.17) is 0 Å². The zero-order valence-corrected chi connectivity index (χ0v) is 23.5. The molecule has 2 aromatic heterocycles. The number of aromatic nitrogens is 3. The molecule has 3 heteroatoms. The minimum atomic E-state index is 0.534. The van der Waals surface area contributed by atoms with Crippen LogP contribution < -0.4 is 0 Å². The molecular weight excluding hydrogens is 402 g/mol. The van der Waals surface area contributed by atoms with Crippen LogP contribution in [0.2, 0.25) is 0 Å². The fourth-order valence-corrected chi connectivity index (χ4v) is 2.16. The van der Waals surface area contributed by atoms with Crippen LogP contribution in [0.4, 0.5) is 0 Å². The summed E-state index contributed by atoms with van der Waals surface area (Å²) in [5.74, 6) is 1.79. The lowest BCUT2D eigenvalue weighted by atomic mass is 10.0. The van der Waals surface area contributed by atoms with Crippen molar-refractivity contribution in [2.45, 2.75) is 101 Å². The largest absolute Gasteiger partial charge is 0.264 e. The van der Waals surface area contributed by atoms with Crippen LogP contribution in [0, 0.1) is 0 Å². The molecule has 0 unspecified atom stereocenters. The molecule has 0 saturated carbocycles. The van der Waals surface area contributed by atoms with Gasteiger partial charge in [-0.2, -0.15) is 0 Å². The monoisotopic (exact) mass is 453 g/mol. The molecule has 3 aromatic rings. The highest BCUT2D eigenvalue weighted by Gasteiger charge is 1.96. The summed E-state index contributed by atoms with van der Waals surface area (Å²) in [6.07, 6.45) is 8.94. The Morgan fingerprint density at radius 1 is 0.455 bits per heavy atom. The maximum atomic E-state index is 4.01. The molecule has 0 aliphatic carbocycles. The second-order valence-corrected chi connectivity index (χ2v) is 7.33. The fraction of sp³-hybridized carbons (Fsp3) is 0.500. The fourth-order valence-electron chi connectivity index (χ4n) is 2.16. The Morgan fingerprint density at radius 3 is 1.12 bits per heavy atom. The highest BCUT2D eigenvalue weighted by atomic mass is 14.8. The van der Waals surface area contributed by atoms with E-state index in [0.717, 1.165) is 0 Å². The van der Waals surface area contributed by atoms with Gasteiger partial charge in [0, 0.05) is 24.8 Å². The van der Waals surface area contributed by atoms with E-state index in [-0.39, 0.29) is 0 Å². The molecule has 0 spiro atoms. The standard InChI is InChI=1S/C9H12.C8H11N.C7H10N2.3C2H6/c1-8(2)9-6-4-3-5-7-9;1-7(2)8-4-3-5-9-6-8;1-6(2)7-3-8-5-9-4-7;3*1-2/h3-8H,1-2H3;3-7H,1-2H3;3-6H,1-2H3;3*1-2H3. The topological polar surface area (TPSA) is 38.7 Å². The third kappa shape index (κ3) is 19.8. The summed E-state index contributed by atoms with van der Waals surface area (Å²) in [7, 11) is 0. The van der Waals surface area contributed by atoms with Gasteiger partial charge in [0.05, 0.1) is 0 Å².